The number of carbonyl (C=O) groups excluding carboxylic acids is 1. The summed E-state index contributed by atoms with van der Waals surface area (Å²) >= 11 is 1.54. The number of hydrogen-bond donors (Lipinski definition) is 0. The van der Waals surface area contributed by atoms with Gasteiger partial charge in [0.15, 0.2) is 16.3 Å². The summed E-state index contributed by atoms with van der Waals surface area (Å²) in [5.41, 5.74) is 4.28. The van der Waals surface area contributed by atoms with Crippen LogP contribution < -0.4 is 14.3 Å². The quantitative estimate of drug-likeness (QED) is 0.592. The first-order valence-corrected chi connectivity index (χ1v) is 10.2. The minimum atomic E-state index is -0.204. The van der Waals surface area contributed by atoms with E-state index >= 15 is 0 Å². The highest BCUT2D eigenvalue weighted by Crippen LogP contribution is 2.28. The van der Waals surface area contributed by atoms with Gasteiger partial charge in [0.05, 0.1) is 37.5 Å². The fourth-order valence-corrected chi connectivity index (χ4v) is 4.43. The molecule has 0 spiro atoms. The average Bonchev–Trinajstić information content (AvgIpc) is 3.03. The van der Waals surface area contributed by atoms with Crippen LogP contribution in [0.15, 0.2) is 35.3 Å². The van der Waals surface area contributed by atoms with Gasteiger partial charge >= 0.3 is 0 Å². The fourth-order valence-electron chi connectivity index (χ4n) is 3.31. The van der Waals surface area contributed by atoms with E-state index in [9.17, 15) is 4.79 Å². The van der Waals surface area contributed by atoms with E-state index in [4.69, 9.17) is 14.2 Å². The molecule has 1 heterocycles. The molecule has 3 rings (SSSR count). The lowest BCUT2D eigenvalue weighted by Gasteiger charge is -2.08. The molecule has 0 atom stereocenters. The van der Waals surface area contributed by atoms with E-state index in [1.165, 1.54) is 22.5 Å². The molecule has 0 aliphatic rings. The van der Waals surface area contributed by atoms with Crippen molar-refractivity contribution >= 4 is 27.5 Å². The maximum absolute atomic E-state index is 12.7. The Balaban J connectivity index is 1.98. The first-order valence-electron chi connectivity index (χ1n) is 9.34. The molecule has 7 heteroatoms. The van der Waals surface area contributed by atoms with Crippen molar-refractivity contribution in [1.29, 1.82) is 0 Å². The lowest BCUT2D eigenvalue weighted by molar-refractivity contribution is -0.117. The second kappa shape index (κ2) is 9.24. The molecule has 3 aromatic rings. The summed E-state index contributed by atoms with van der Waals surface area (Å²) in [6, 6.07) is 9.74. The maximum Gasteiger partial charge on any atom is 0.252 e. The number of nitrogens with zero attached hydrogens (tertiary/aromatic N) is 2. The number of benzene rings is 2. The van der Waals surface area contributed by atoms with Crippen LogP contribution in [0, 0.1) is 13.8 Å². The van der Waals surface area contributed by atoms with E-state index in [1.54, 1.807) is 27.4 Å². The molecule has 0 radical (unpaired) electrons. The third kappa shape index (κ3) is 4.68. The van der Waals surface area contributed by atoms with Crippen molar-refractivity contribution < 1.29 is 19.0 Å². The van der Waals surface area contributed by atoms with Crippen molar-refractivity contribution in [2.75, 3.05) is 27.9 Å². The standard InChI is InChI=1S/C22H26N2O4S/c1-14-10-15(2)21-17(11-14)24(8-9-26-3)22(29-21)23-20(25)13-16-6-7-18(27-4)19(12-16)28-5/h6-7,10-12H,8-9,13H2,1-5H3. The first-order chi connectivity index (χ1) is 14.0. The molecule has 2 aromatic carbocycles. The van der Waals surface area contributed by atoms with Crippen molar-refractivity contribution in [1.82, 2.24) is 4.57 Å². The van der Waals surface area contributed by atoms with Crippen LogP contribution in [0.4, 0.5) is 0 Å². The second-order valence-corrected chi connectivity index (χ2v) is 7.81. The average molecular weight is 415 g/mol. The molecule has 0 aliphatic carbocycles. The molecule has 0 saturated carbocycles. The third-order valence-corrected chi connectivity index (χ3v) is 5.89. The highest BCUT2D eigenvalue weighted by atomic mass is 32.1. The van der Waals surface area contributed by atoms with Crippen LogP contribution in [0.3, 0.4) is 0 Å². The van der Waals surface area contributed by atoms with Gasteiger partial charge in [0, 0.05) is 13.7 Å². The number of methoxy groups -OCH3 is 3. The highest BCUT2D eigenvalue weighted by Gasteiger charge is 2.12. The van der Waals surface area contributed by atoms with E-state index < -0.39 is 0 Å². The zero-order valence-corrected chi connectivity index (χ0v) is 18.3. The number of amides is 1. The first kappa shape index (κ1) is 21.1. The molecule has 1 aromatic heterocycles. The van der Waals surface area contributed by atoms with Crippen molar-refractivity contribution in [3.8, 4) is 11.5 Å². The predicted molar refractivity (Wildman–Crippen MR) is 115 cm³/mol. The Kier molecular flexibility index (Phi) is 6.71. The largest absolute Gasteiger partial charge is 0.493 e. The summed E-state index contributed by atoms with van der Waals surface area (Å²) < 4.78 is 19.0. The van der Waals surface area contributed by atoms with Gasteiger partial charge in [-0.25, -0.2) is 0 Å². The Morgan fingerprint density at radius 1 is 1.07 bits per heavy atom. The van der Waals surface area contributed by atoms with Crippen molar-refractivity contribution in [2.45, 2.75) is 26.8 Å². The number of aryl methyl sites for hydroxylation is 2. The fraction of sp³-hybridized carbons (Fsp3) is 0.364. The van der Waals surface area contributed by atoms with Gasteiger partial charge in [-0.15, -0.1) is 0 Å². The lowest BCUT2D eigenvalue weighted by atomic mass is 10.1. The number of fused-ring (bicyclic) bond motifs is 1. The summed E-state index contributed by atoms with van der Waals surface area (Å²) in [6.07, 6.45) is 0.191. The van der Waals surface area contributed by atoms with Crippen LogP contribution in [0.5, 0.6) is 11.5 Å². The van der Waals surface area contributed by atoms with Gasteiger partial charge in [-0.05, 0) is 48.7 Å². The molecular formula is C22H26N2O4S. The number of thiazole rings is 1. The van der Waals surface area contributed by atoms with Crippen molar-refractivity contribution in [2.24, 2.45) is 4.99 Å². The van der Waals surface area contributed by atoms with Crippen LogP contribution >= 0.6 is 11.3 Å². The summed E-state index contributed by atoms with van der Waals surface area (Å²) in [6.45, 7) is 5.35. The minimum absolute atomic E-state index is 0.191. The Morgan fingerprint density at radius 3 is 2.52 bits per heavy atom. The van der Waals surface area contributed by atoms with Crippen molar-refractivity contribution in [3.63, 3.8) is 0 Å². The minimum Gasteiger partial charge on any atom is -0.493 e. The maximum atomic E-state index is 12.7. The number of rotatable bonds is 7. The Morgan fingerprint density at radius 2 is 1.83 bits per heavy atom. The Hall–Kier alpha value is -2.64. The number of ether oxygens (including phenoxy) is 3. The molecule has 29 heavy (non-hydrogen) atoms. The topological polar surface area (TPSA) is 62.1 Å². The molecule has 0 unspecified atom stereocenters. The van der Waals surface area contributed by atoms with Crippen molar-refractivity contribution in [3.05, 3.63) is 51.8 Å². The van der Waals surface area contributed by atoms with Gasteiger partial charge in [0.1, 0.15) is 0 Å². The smallest absolute Gasteiger partial charge is 0.252 e. The third-order valence-electron chi connectivity index (χ3n) is 4.66. The number of hydrogen-bond acceptors (Lipinski definition) is 5. The summed E-state index contributed by atoms with van der Waals surface area (Å²) in [7, 11) is 4.83. The van der Waals surface area contributed by atoms with Crippen LogP contribution in [-0.2, 0) is 22.5 Å². The second-order valence-electron chi connectivity index (χ2n) is 6.83. The zero-order valence-electron chi connectivity index (χ0n) is 17.4. The molecule has 1 amide bonds. The van der Waals surface area contributed by atoms with Crippen LogP contribution in [0.1, 0.15) is 16.7 Å². The van der Waals surface area contributed by atoms with Gasteiger partial charge < -0.3 is 18.8 Å². The molecule has 0 fully saturated rings. The van der Waals surface area contributed by atoms with Gasteiger partial charge in [0.25, 0.3) is 5.91 Å². The SMILES string of the molecule is COCCn1c(=NC(=O)Cc2ccc(OC)c(OC)c2)sc2c(C)cc(C)cc21. The summed E-state index contributed by atoms with van der Waals surface area (Å²) in [5, 5.41) is 0. The number of carbonyl (C=O) groups is 1. The lowest BCUT2D eigenvalue weighted by Crippen LogP contribution is -2.19. The molecule has 0 saturated heterocycles. The van der Waals surface area contributed by atoms with E-state index in [0.29, 0.717) is 29.5 Å². The summed E-state index contributed by atoms with van der Waals surface area (Å²) in [5.74, 6) is 1.03. The van der Waals surface area contributed by atoms with Gasteiger partial charge in [-0.3, -0.25) is 4.79 Å². The molecule has 0 bridgehead atoms. The molecule has 0 N–H and O–H groups in total. The van der Waals surface area contributed by atoms with Gasteiger partial charge in [-0.1, -0.05) is 23.5 Å². The Labute approximate surface area is 174 Å². The number of aromatic nitrogens is 1. The van der Waals surface area contributed by atoms with Crippen LogP contribution in [-0.4, -0.2) is 38.4 Å². The van der Waals surface area contributed by atoms with Crippen LogP contribution in [0.25, 0.3) is 10.2 Å². The zero-order chi connectivity index (χ0) is 21.0. The highest BCUT2D eigenvalue weighted by molar-refractivity contribution is 7.16. The molecule has 0 aliphatic heterocycles. The van der Waals surface area contributed by atoms with Gasteiger partial charge in [0.2, 0.25) is 0 Å². The normalized spacial score (nSPS) is 11.8. The van der Waals surface area contributed by atoms with E-state index in [0.717, 1.165) is 15.8 Å². The van der Waals surface area contributed by atoms with E-state index in [1.807, 2.05) is 12.1 Å². The van der Waals surface area contributed by atoms with E-state index in [2.05, 4.69) is 35.5 Å². The van der Waals surface area contributed by atoms with E-state index in [-0.39, 0.29) is 12.3 Å². The monoisotopic (exact) mass is 414 g/mol. The molecular weight excluding hydrogens is 388 g/mol. The molecule has 6 nitrogen and oxygen atoms in total. The van der Waals surface area contributed by atoms with Gasteiger partial charge in [-0.2, -0.15) is 4.99 Å². The molecule has 154 valence electrons. The Bertz CT molecular complexity index is 1100. The summed E-state index contributed by atoms with van der Waals surface area (Å²) in [4.78, 5) is 17.8. The predicted octanol–water partition coefficient (Wildman–Crippen LogP) is 3.65. The van der Waals surface area contributed by atoms with Crippen LogP contribution in [0.2, 0.25) is 0 Å².